The molecule has 5 atom stereocenters. The molecule has 14 nitrogen and oxygen atoms in total. The number of sulfonamides is 1. The van der Waals surface area contributed by atoms with Gasteiger partial charge in [-0.05, 0) is 74.5 Å². The Kier molecular flexibility index (Phi) is 11.0. The van der Waals surface area contributed by atoms with Gasteiger partial charge in [0.15, 0.2) is 5.69 Å². The van der Waals surface area contributed by atoms with Crippen LogP contribution in [0.3, 0.4) is 0 Å². The van der Waals surface area contributed by atoms with Crippen LogP contribution in [0, 0.1) is 17.3 Å². The summed E-state index contributed by atoms with van der Waals surface area (Å²) < 4.78 is 72.1. The van der Waals surface area contributed by atoms with Gasteiger partial charge in [0, 0.05) is 6.54 Å². The van der Waals surface area contributed by atoms with Crippen LogP contribution >= 0.6 is 0 Å². The molecule has 1 aromatic heterocycles. The van der Waals surface area contributed by atoms with Gasteiger partial charge in [-0.3, -0.25) is 19.1 Å². The number of para-hydroxylation sites is 2. The zero-order valence-electron chi connectivity index (χ0n) is 31.7. The van der Waals surface area contributed by atoms with E-state index in [0.717, 1.165) is 31.8 Å². The first-order valence-electron chi connectivity index (χ1n) is 19.7. The Morgan fingerprint density at radius 2 is 1.66 bits per heavy atom. The SMILES string of the molecule is CC1(C)CC/C=C/C(F)(F)c2nc3ccccc3nc2O[C@H]2CN3CC2C(=O)N[C@@]2(C(=O)NS(=O)(=O)C4CC4)C[C@H]2CCCCCCC[C@H](NC(=O)OC1)C3=O. The van der Waals surface area contributed by atoms with Gasteiger partial charge in [0.1, 0.15) is 17.7 Å². The molecule has 4 bridgehead atoms. The third-order valence-corrected chi connectivity index (χ3v) is 13.5. The van der Waals surface area contributed by atoms with Crippen LogP contribution in [0.25, 0.3) is 11.0 Å². The highest BCUT2D eigenvalue weighted by Crippen LogP contribution is 2.48. The number of hydrogen-bond acceptors (Lipinski definition) is 10. The summed E-state index contributed by atoms with van der Waals surface area (Å²) in [4.78, 5) is 65.7. The number of alkyl halides is 2. The summed E-state index contributed by atoms with van der Waals surface area (Å²) in [6.07, 6.45) is 6.34. The molecule has 3 aliphatic heterocycles. The van der Waals surface area contributed by atoms with Crippen molar-refractivity contribution in [1.82, 2.24) is 30.2 Å². The number of carbonyl (C=O) groups is 4. The van der Waals surface area contributed by atoms with Crippen LogP contribution in [0.4, 0.5) is 13.6 Å². The standard InChI is InChI=1S/C39H50F2N6O8S/c1-37(2)18-10-11-19-39(40,41)31-33(43-28-14-9-8-13-27(28)42-31)55-30-22-47-21-26(30)32(48)45-38(35(50)46-56(52,53)25-16-17-25)20-24(38)12-6-4-3-5-7-15-29(34(47)49)44-36(51)54-23-37/h8-9,11,13-14,19,24-26,29-30H,3-7,10,12,15-18,20-23H2,1-2H3,(H,44,51)(H,45,48)(H,46,50)/b19-11+/t24-,26?,29+,30+,38+/m1/s1. The number of hydrogen-bond donors (Lipinski definition) is 3. The number of nitrogens with one attached hydrogen (secondary N) is 3. The number of nitrogens with zero attached hydrogens (tertiary/aromatic N) is 3. The number of rotatable bonds is 3. The second-order valence-electron chi connectivity index (χ2n) is 16.8. The fraction of sp³-hybridized carbons (Fsp3) is 0.641. The van der Waals surface area contributed by atoms with Crippen LogP contribution in [0.5, 0.6) is 5.88 Å². The van der Waals surface area contributed by atoms with Gasteiger partial charge in [-0.1, -0.05) is 64.2 Å². The van der Waals surface area contributed by atoms with E-state index < -0.39 is 85.6 Å². The molecule has 2 saturated carbocycles. The maximum Gasteiger partial charge on any atom is 0.407 e. The molecule has 17 heteroatoms. The summed E-state index contributed by atoms with van der Waals surface area (Å²) in [7, 11) is -3.94. The third kappa shape index (κ3) is 8.76. The first-order valence-corrected chi connectivity index (χ1v) is 21.2. The predicted molar refractivity (Wildman–Crippen MR) is 200 cm³/mol. The second kappa shape index (κ2) is 15.5. The van der Waals surface area contributed by atoms with Crippen LogP contribution in [0.15, 0.2) is 36.4 Å². The largest absolute Gasteiger partial charge is 0.470 e. The molecule has 2 aromatic rings. The Labute approximate surface area is 325 Å². The van der Waals surface area contributed by atoms with Crippen LogP contribution in [0.2, 0.25) is 0 Å². The minimum Gasteiger partial charge on any atom is -0.470 e. The number of cyclic esters (lactones) is 1. The lowest BCUT2D eigenvalue weighted by Gasteiger charge is -2.27. The van der Waals surface area contributed by atoms with E-state index in [9.17, 15) is 27.6 Å². The van der Waals surface area contributed by atoms with E-state index >= 15 is 8.78 Å². The number of benzene rings is 1. The first kappa shape index (κ1) is 39.8. The van der Waals surface area contributed by atoms with Crippen molar-refractivity contribution in [3.8, 4) is 5.88 Å². The van der Waals surface area contributed by atoms with E-state index in [2.05, 4.69) is 25.3 Å². The summed E-state index contributed by atoms with van der Waals surface area (Å²) in [6.45, 7) is 3.19. The van der Waals surface area contributed by atoms with Crippen molar-refractivity contribution < 1.29 is 45.9 Å². The van der Waals surface area contributed by atoms with E-state index in [-0.39, 0.29) is 49.5 Å². The number of ether oxygens (including phenoxy) is 2. The normalized spacial score (nSPS) is 30.7. The summed E-state index contributed by atoms with van der Waals surface area (Å²) in [6, 6.07) is 5.45. The molecular formula is C39H50F2N6O8S. The molecule has 3 N–H and O–H groups in total. The van der Waals surface area contributed by atoms with Gasteiger partial charge in [-0.15, -0.1) is 0 Å². The van der Waals surface area contributed by atoms with E-state index in [1.165, 1.54) is 11.0 Å². The molecule has 0 radical (unpaired) electrons. The topological polar surface area (TPSA) is 186 Å². The number of carbonyl (C=O) groups excluding carboxylic acids is 4. The van der Waals surface area contributed by atoms with Crippen molar-refractivity contribution >= 4 is 44.9 Å². The smallest absolute Gasteiger partial charge is 0.407 e. The van der Waals surface area contributed by atoms with Gasteiger partial charge in [-0.2, -0.15) is 8.78 Å². The van der Waals surface area contributed by atoms with Gasteiger partial charge in [0.05, 0.1) is 35.4 Å². The molecule has 2 saturated heterocycles. The van der Waals surface area contributed by atoms with Crippen LogP contribution in [-0.4, -0.2) is 89.7 Å². The van der Waals surface area contributed by atoms with Crippen molar-refractivity contribution in [1.29, 1.82) is 0 Å². The van der Waals surface area contributed by atoms with Crippen molar-refractivity contribution in [2.24, 2.45) is 17.3 Å². The Bertz CT molecular complexity index is 2010. The molecule has 5 aliphatic rings. The van der Waals surface area contributed by atoms with Gasteiger partial charge in [0.25, 0.3) is 5.91 Å². The molecule has 1 aromatic carbocycles. The maximum absolute atomic E-state index is 16.2. The van der Waals surface area contributed by atoms with Gasteiger partial charge >= 0.3 is 12.0 Å². The number of allylic oxidation sites excluding steroid dienone is 2. The monoisotopic (exact) mass is 800 g/mol. The lowest BCUT2D eigenvalue weighted by molar-refractivity contribution is -0.134. The van der Waals surface area contributed by atoms with Gasteiger partial charge < -0.3 is 25.0 Å². The number of alkyl carbamates (subject to hydrolysis) is 1. The molecule has 4 heterocycles. The minimum atomic E-state index is -3.94. The lowest BCUT2D eigenvalue weighted by atomic mass is 9.89. The fourth-order valence-electron chi connectivity index (χ4n) is 7.96. The van der Waals surface area contributed by atoms with Crippen molar-refractivity contribution in [2.75, 3.05) is 19.7 Å². The van der Waals surface area contributed by atoms with Gasteiger partial charge in [-0.25, -0.2) is 23.2 Å². The zero-order valence-corrected chi connectivity index (χ0v) is 32.5. The highest BCUT2D eigenvalue weighted by atomic mass is 32.2. The molecule has 4 amide bonds. The third-order valence-electron chi connectivity index (χ3n) is 11.6. The van der Waals surface area contributed by atoms with Crippen molar-refractivity contribution in [2.45, 2.75) is 120 Å². The Morgan fingerprint density at radius 1 is 0.964 bits per heavy atom. The average molecular weight is 801 g/mol. The summed E-state index contributed by atoms with van der Waals surface area (Å²) >= 11 is 0. The molecule has 0 spiro atoms. The highest BCUT2D eigenvalue weighted by molar-refractivity contribution is 7.91. The first-order chi connectivity index (χ1) is 26.6. The predicted octanol–water partition coefficient (Wildman–Crippen LogP) is 4.63. The summed E-state index contributed by atoms with van der Waals surface area (Å²) in [5, 5.41) is 4.92. The quantitative estimate of drug-likeness (QED) is 0.370. The van der Waals surface area contributed by atoms with E-state index in [1.54, 1.807) is 24.3 Å². The molecule has 1 unspecified atom stereocenters. The Hall–Kier alpha value is -4.41. The zero-order chi connectivity index (χ0) is 39.9. The molecular weight excluding hydrogens is 751 g/mol. The molecule has 304 valence electrons. The van der Waals surface area contributed by atoms with Crippen LogP contribution < -0.4 is 20.1 Å². The Balaban J connectivity index is 1.27. The van der Waals surface area contributed by atoms with Crippen molar-refractivity contribution in [3.63, 3.8) is 0 Å². The minimum absolute atomic E-state index is 0.0234. The molecule has 7 rings (SSSR count). The van der Waals surface area contributed by atoms with Gasteiger partial charge in [0.2, 0.25) is 27.7 Å². The van der Waals surface area contributed by atoms with Crippen LogP contribution in [-0.2, 0) is 35.1 Å². The second-order valence-corrected chi connectivity index (χ2v) is 18.7. The summed E-state index contributed by atoms with van der Waals surface area (Å²) in [5.41, 5.74) is -2.40. The molecule has 56 heavy (non-hydrogen) atoms. The van der Waals surface area contributed by atoms with E-state index in [1.807, 2.05) is 13.8 Å². The number of aromatic nitrogens is 2. The highest BCUT2D eigenvalue weighted by Gasteiger charge is 2.62. The average Bonchev–Trinajstić information content (AvgIpc) is 4.07. The molecule has 2 aliphatic carbocycles. The number of fused-ring (bicyclic) bond motifs is 7. The fourth-order valence-corrected chi connectivity index (χ4v) is 9.32. The summed E-state index contributed by atoms with van der Waals surface area (Å²) in [5.74, 6) is -7.76. The number of amides is 4. The van der Waals surface area contributed by atoms with E-state index in [0.29, 0.717) is 38.5 Å². The lowest BCUT2D eigenvalue weighted by Crippen LogP contribution is -2.55. The Morgan fingerprint density at radius 3 is 2.39 bits per heavy atom. The maximum atomic E-state index is 16.2. The number of halogens is 2. The molecule has 4 fully saturated rings. The van der Waals surface area contributed by atoms with E-state index in [4.69, 9.17) is 9.47 Å². The van der Waals surface area contributed by atoms with Crippen LogP contribution in [0.1, 0.15) is 96.6 Å². The van der Waals surface area contributed by atoms with Crippen molar-refractivity contribution in [3.05, 3.63) is 42.1 Å².